The number of hydrogen-bond donors (Lipinski definition) is 0. The number of aromatic nitrogens is 4. The van der Waals surface area contributed by atoms with Crippen molar-refractivity contribution in [3.05, 3.63) is 22.4 Å². The number of ketones is 2. The van der Waals surface area contributed by atoms with E-state index in [-0.39, 0.29) is 17.6 Å². The van der Waals surface area contributed by atoms with E-state index in [2.05, 4.69) is 19.9 Å². The van der Waals surface area contributed by atoms with E-state index < -0.39 is 0 Å². The Hall–Kier alpha value is -2.72. The zero-order chi connectivity index (χ0) is 23.1. The third-order valence-electron chi connectivity index (χ3n) is 5.00. The summed E-state index contributed by atoms with van der Waals surface area (Å²) in [5.74, 6) is 2.14. The number of carbonyl (C=O) groups is 2. The Morgan fingerprint density at radius 1 is 0.781 bits per heavy atom. The van der Waals surface area contributed by atoms with Crippen molar-refractivity contribution in [2.75, 3.05) is 50.2 Å². The maximum Gasteiger partial charge on any atom is 0.318 e. The van der Waals surface area contributed by atoms with Gasteiger partial charge in [0.25, 0.3) is 0 Å². The lowest BCUT2D eigenvalue weighted by molar-refractivity contribution is -0.120. The van der Waals surface area contributed by atoms with Crippen molar-refractivity contribution in [3.8, 4) is 11.9 Å². The summed E-state index contributed by atoms with van der Waals surface area (Å²) in [6.07, 6.45) is 5.21. The third-order valence-corrected chi connectivity index (χ3v) is 5.53. The van der Waals surface area contributed by atoms with Gasteiger partial charge in [-0.05, 0) is 0 Å². The SMILES string of the molecule is COc1nc(N2CCC(=O)CC2)ncc1Cl.COc1ncc(Cl)c(N2CCC(=O)CC2)n1. The lowest BCUT2D eigenvalue weighted by atomic mass is 10.1. The summed E-state index contributed by atoms with van der Waals surface area (Å²) < 4.78 is 9.97. The van der Waals surface area contributed by atoms with Gasteiger partial charge >= 0.3 is 6.01 Å². The first-order valence-corrected chi connectivity index (χ1v) is 10.8. The minimum Gasteiger partial charge on any atom is -0.480 e. The highest BCUT2D eigenvalue weighted by molar-refractivity contribution is 6.32. The van der Waals surface area contributed by atoms with Crippen molar-refractivity contribution in [2.24, 2.45) is 0 Å². The molecule has 0 spiro atoms. The number of rotatable bonds is 4. The Kier molecular flexibility index (Phi) is 8.40. The summed E-state index contributed by atoms with van der Waals surface area (Å²) in [6.45, 7) is 2.62. The van der Waals surface area contributed by atoms with Gasteiger partial charge in [0.15, 0.2) is 5.82 Å². The molecule has 0 atom stereocenters. The fraction of sp³-hybridized carbons (Fsp3) is 0.500. The van der Waals surface area contributed by atoms with E-state index in [1.54, 1.807) is 0 Å². The minimum absolute atomic E-state index is 0.286. The van der Waals surface area contributed by atoms with Crippen LogP contribution in [0.1, 0.15) is 25.7 Å². The van der Waals surface area contributed by atoms with Gasteiger partial charge in [0.2, 0.25) is 11.8 Å². The summed E-state index contributed by atoms with van der Waals surface area (Å²) in [5, 5.41) is 0.870. The number of nitrogens with zero attached hydrogens (tertiary/aromatic N) is 6. The Labute approximate surface area is 195 Å². The number of ether oxygens (including phenoxy) is 2. The topological polar surface area (TPSA) is 111 Å². The van der Waals surface area contributed by atoms with E-state index in [4.69, 9.17) is 32.7 Å². The zero-order valence-corrected chi connectivity index (χ0v) is 19.4. The highest BCUT2D eigenvalue weighted by Gasteiger charge is 2.21. The molecule has 2 aliphatic rings. The van der Waals surface area contributed by atoms with Crippen molar-refractivity contribution < 1.29 is 19.1 Å². The molecule has 4 rings (SSSR count). The van der Waals surface area contributed by atoms with Crippen molar-refractivity contribution in [3.63, 3.8) is 0 Å². The molecule has 0 aliphatic carbocycles. The van der Waals surface area contributed by atoms with Gasteiger partial charge in [0.05, 0.1) is 26.6 Å². The highest BCUT2D eigenvalue weighted by atomic mass is 35.5. The predicted octanol–water partition coefficient (Wildman–Crippen LogP) is 2.62. The minimum atomic E-state index is 0.286. The van der Waals surface area contributed by atoms with Crippen LogP contribution in [0.15, 0.2) is 12.4 Å². The van der Waals surface area contributed by atoms with Gasteiger partial charge < -0.3 is 19.3 Å². The molecular formula is C20H24Cl2N6O4. The number of methoxy groups -OCH3 is 2. The first-order chi connectivity index (χ1) is 15.4. The molecule has 12 heteroatoms. The van der Waals surface area contributed by atoms with Crippen LogP contribution in [0.25, 0.3) is 0 Å². The third kappa shape index (κ3) is 6.17. The van der Waals surface area contributed by atoms with E-state index >= 15 is 0 Å². The van der Waals surface area contributed by atoms with E-state index in [0.717, 1.165) is 0 Å². The number of halogens is 2. The van der Waals surface area contributed by atoms with Crippen LogP contribution in [0.4, 0.5) is 11.8 Å². The molecule has 2 aromatic heterocycles. The Balaban J connectivity index is 0.000000181. The second-order valence-corrected chi connectivity index (χ2v) is 7.92. The molecular weight excluding hydrogens is 459 g/mol. The van der Waals surface area contributed by atoms with E-state index in [9.17, 15) is 9.59 Å². The van der Waals surface area contributed by atoms with Gasteiger partial charge in [0, 0.05) is 51.9 Å². The van der Waals surface area contributed by atoms with Crippen LogP contribution in [0.5, 0.6) is 11.9 Å². The molecule has 32 heavy (non-hydrogen) atoms. The molecule has 2 aliphatic heterocycles. The summed E-state index contributed by atoms with van der Waals surface area (Å²) in [4.78, 5) is 42.6. The van der Waals surface area contributed by atoms with Crippen molar-refractivity contribution in [1.82, 2.24) is 19.9 Å². The van der Waals surface area contributed by atoms with Crippen molar-refractivity contribution >= 4 is 46.5 Å². The summed E-state index contributed by atoms with van der Waals surface area (Å²) >= 11 is 11.9. The van der Waals surface area contributed by atoms with Crippen LogP contribution in [-0.2, 0) is 9.59 Å². The van der Waals surface area contributed by atoms with Crippen LogP contribution in [0.3, 0.4) is 0 Å². The molecule has 2 fully saturated rings. The maximum atomic E-state index is 11.1. The highest BCUT2D eigenvalue weighted by Crippen LogP contribution is 2.26. The quantitative estimate of drug-likeness (QED) is 0.644. The molecule has 4 heterocycles. The molecule has 0 unspecified atom stereocenters. The number of Topliss-reactive ketones (excluding diaryl/α,β-unsaturated/α-hetero) is 2. The standard InChI is InChI=1S/2C10H12ClN3O2/c1-16-9-8(11)6-12-10(13-9)14-4-2-7(15)3-5-14;1-16-10-12-6-8(11)9(13-10)14-4-2-7(15)3-5-14/h2*6H,2-5H2,1H3. The molecule has 0 aromatic carbocycles. The van der Waals surface area contributed by atoms with Gasteiger partial charge in [-0.25, -0.2) is 9.97 Å². The zero-order valence-electron chi connectivity index (χ0n) is 17.9. The summed E-state index contributed by atoms with van der Waals surface area (Å²) in [5.41, 5.74) is 0. The first-order valence-electron chi connectivity index (χ1n) is 10.1. The Morgan fingerprint density at radius 3 is 1.91 bits per heavy atom. The fourth-order valence-corrected chi connectivity index (χ4v) is 3.60. The number of hydrogen-bond acceptors (Lipinski definition) is 10. The fourth-order valence-electron chi connectivity index (χ4n) is 3.22. The summed E-state index contributed by atoms with van der Waals surface area (Å²) in [7, 11) is 3.02. The van der Waals surface area contributed by atoms with Crippen LogP contribution in [0.2, 0.25) is 10.0 Å². The van der Waals surface area contributed by atoms with Crippen LogP contribution in [-0.4, -0.2) is 71.9 Å². The van der Waals surface area contributed by atoms with Gasteiger partial charge in [-0.1, -0.05) is 23.2 Å². The van der Waals surface area contributed by atoms with E-state index in [1.807, 2.05) is 9.80 Å². The monoisotopic (exact) mass is 482 g/mol. The number of carbonyl (C=O) groups excluding carboxylic acids is 2. The lowest BCUT2D eigenvalue weighted by Gasteiger charge is -2.27. The summed E-state index contributed by atoms with van der Waals surface area (Å²) in [6, 6.07) is 0.288. The molecule has 2 saturated heterocycles. The number of anilines is 2. The van der Waals surface area contributed by atoms with Crippen molar-refractivity contribution in [1.29, 1.82) is 0 Å². The molecule has 0 radical (unpaired) electrons. The molecule has 0 N–H and O–H groups in total. The van der Waals surface area contributed by atoms with Gasteiger partial charge in [-0.3, -0.25) is 9.59 Å². The second-order valence-electron chi connectivity index (χ2n) is 7.11. The van der Waals surface area contributed by atoms with E-state index in [0.29, 0.717) is 79.6 Å². The predicted molar refractivity (Wildman–Crippen MR) is 120 cm³/mol. The van der Waals surface area contributed by atoms with Crippen LogP contribution >= 0.6 is 23.2 Å². The van der Waals surface area contributed by atoms with E-state index in [1.165, 1.54) is 26.6 Å². The molecule has 2 aromatic rings. The average molecular weight is 483 g/mol. The molecule has 0 saturated carbocycles. The first kappa shape index (κ1) is 23.9. The molecule has 0 amide bonds. The smallest absolute Gasteiger partial charge is 0.318 e. The molecule has 0 bridgehead atoms. The molecule has 172 valence electrons. The van der Waals surface area contributed by atoms with Crippen molar-refractivity contribution in [2.45, 2.75) is 25.7 Å². The average Bonchev–Trinajstić information content (AvgIpc) is 2.81. The largest absolute Gasteiger partial charge is 0.480 e. The van der Waals surface area contributed by atoms with Crippen LogP contribution in [0, 0.1) is 0 Å². The van der Waals surface area contributed by atoms with Crippen LogP contribution < -0.4 is 19.3 Å². The normalized spacial score (nSPS) is 16.4. The second kappa shape index (κ2) is 11.2. The Bertz CT molecular complexity index is 957. The van der Waals surface area contributed by atoms with Gasteiger partial charge in [0.1, 0.15) is 21.6 Å². The van der Waals surface area contributed by atoms with Gasteiger partial charge in [-0.15, -0.1) is 0 Å². The van der Waals surface area contributed by atoms with Gasteiger partial charge in [-0.2, -0.15) is 9.97 Å². The lowest BCUT2D eigenvalue weighted by Crippen LogP contribution is -2.34. The molecule has 10 nitrogen and oxygen atoms in total. The maximum absolute atomic E-state index is 11.1. The number of piperidine rings is 2. The Morgan fingerprint density at radius 2 is 1.34 bits per heavy atom.